The number of carbonyl (C=O) groups is 1. The second-order valence-corrected chi connectivity index (χ2v) is 5.40. The summed E-state index contributed by atoms with van der Waals surface area (Å²) in [5.41, 5.74) is 7.53. The first-order valence-electron chi connectivity index (χ1n) is 6.25. The molecule has 104 valence electrons. The Bertz CT molecular complexity index is 443. The highest BCUT2D eigenvalue weighted by Crippen LogP contribution is 2.06. The average molecular weight is 279 g/mol. The van der Waals surface area contributed by atoms with Gasteiger partial charge in [0.2, 0.25) is 5.91 Å². The number of carbonyl (C=O) groups excluding carboxylic acids is 1. The summed E-state index contributed by atoms with van der Waals surface area (Å²) in [6.07, 6.45) is 0. The van der Waals surface area contributed by atoms with Crippen LogP contribution in [0.25, 0.3) is 0 Å². The normalized spacial score (nSPS) is 10.8. The SMILES string of the molecule is CC(C)NC(=O)CN(C)Cc1ccc(C(N)=S)cc1. The van der Waals surface area contributed by atoms with Gasteiger partial charge in [0.25, 0.3) is 0 Å². The first kappa shape index (κ1) is 15.6. The third kappa shape index (κ3) is 5.81. The van der Waals surface area contributed by atoms with Gasteiger partial charge < -0.3 is 11.1 Å². The van der Waals surface area contributed by atoms with Crippen molar-refractivity contribution >= 4 is 23.1 Å². The Labute approximate surface area is 120 Å². The molecule has 1 aromatic rings. The van der Waals surface area contributed by atoms with Crippen molar-refractivity contribution in [2.45, 2.75) is 26.4 Å². The first-order chi connectivity index (χ1) is 8.88. The number of hydrogen-bond donors (Lipinski definition) is 2. The number of thiocarbonyl (C=S) groups is 1. The number of amides is 1. The molecule has 5 heteroatoms. The Balaban J connectivity index is 2.50. The highest BCUT2D eigenvalue weighted by molar-refractivity contribution is 7.80. The number of nitrogens with two attached hydrogens (primary N) is 1. The maximum absolute atomic E-state index is 11.6. The number of benzene rings is 1. The summed E-state index contributed by atoms with van der Waals surface area (Å²) in [6, 6.07) is 7.93. The standard InChI is InChI=1S/C14H21N3OS/c1-10(2)16-13(18)9-17(3)8-11-4-6-12(7-5-11)14(15)19/h4-7,10H,8-9H2,1-3H3,(H2,15,19)(H,16,18). The first-order valence-corrected chi connectivity index (χ1v) is 6.66. The zero-order valence-corrected chi connectivity index (χ0v) is 12.5. The van der Waals surface area contributed by atoms with Crippen molar-refractivity contribution in [3.63, 3.8) is 0 Å². The molecule has 0 fully saturated rings. The van der Waals surface area contributed by atoms with Gasteiger partial charge in [-0.15, -0.1) is 0 Å². The van der Waals surface area contributed by atoms with Gasteiger partial charge in [0.15, 0.2) is 0 Å². The summed E-state index contributed by atoms with van der Waals surface area (Å²) in [5, 5.41) is 2.87. The van der Waals surface area contributed by atoms with Gasteiger partial charge >= 0.3 is 0 Å². The van der Waals surface area contributed by atoms with Crippen LogP contribution < -0.4 is 11.1 Å². The van der Waals surface area contributed by atoms with Crippen LogP contribution in [0, 0.1) is 0 Å². The molecule has 0 saturated heterocycles. The highest BCUT2D eigenvalue weighted by Gasteiger charge is 2.08. The topological polar surface area (TPSA) is 58.4 Å². The van der Waals surface area contributed by atoms with Crippen LogP contribution in [-0.2, 0) is 11.3 Å². The second kappa shape index (κ2) is 7.21. The van der Waals surface area contributed by atoms with Crippen LogP contribution >= 0.6 is 12.2 Å². The molecular formula is C14H21N3OS. The lowest BCUT2D eigenvalue weighted by atomic mass is 10.1. The Hall–Kier alpha value is -1.46. The number of nitrogens with zero attached hydrogens (tertiary/aromatic N) is 1. The number of hydrogen-bond acceptors (Lipinski definition) is 3. The molecule has 1 rings (SSSR count). The predicted molar refractivity (Wildman–Crippen MR) is 81.9 cm³/mol. The quantitative estimate of drug-likeness (QED) is 0.770. The molecule has 0 aliphatic carbocycles. The molecule has 0 atom stereocenters. The van der Waals surface area contributed by atoms with Gasteiger partial charge in [-0.1, -0.05) is 36.5 Å². The van der Waals surface area contributed by atoms with Gasteiger partial charge in [-0.25, -0.2) is 0 Å². The summed E-state index contributed by atoms with van der Waals surface area (Å²) in [5.74, 6) is 0.0391. The lowest BCUT2D eigenvalue weighted by Gasteiger charge is -2.17. The molecule has 3 N–H and O–H groups in total. The van der Waals surface area contributed by atoms with Gasteiger partial charge in [0.05, 0.1) is 6.54 Å². The molecule has 4 nitrogen and oxygen atoms in total. The summed E-state index contributed by atoms with van der Waals surface area (Å²) < 4.78 is 0. The van der Waals surface area contributed by atoms with E-state index in [-0.39, 0.29) is 11.9 Å². The Kier molecular flexibility index (Phi) is 5.92. The van der Waals surface area contributed by atoms with Crippen molar-refractivity contribution in [1.82, 2.24) is 10.2 Å². The van der Waals surface area contributed by atoms with Crippen LogP contribution in [0.4, 0.5) is 0 Å². The summed E-state index contributed by atoms with van der Waals surface area (Å²) in [4.78, 5) is 14.0. The van der Waals surface area contributed by atoms with E-state index in [1.165, 1.54) is 0 Å². The zero-order chi connectivity index (χ0) is 14.4. The van der Waals surface area contributed by atoms with Crippen LogP contribution in [0.5, 0.6) is 0 Å². The van der Waals surface area contributed by atoms with E-state index in [4.69, 9.17) is 18.0 Å². The van der Waals surface area contributed by atoms with Crippen molar-refractivity contribution in [2.24, 2.45) is 5.73 Å². The van der Waals surface area contributed by atoms with Gasteiger partial charge in [0, 0.05) is 18.2 Å². The number of rotatable bonds is 6. The largest absolute Gasteiger partial charge is 0.389 e. The molecule has 0 aliphatic rings. The minimum absolute atomic E-state index is 0.0391. The van der Waals surface area contributed by atoms with Crippen LogP contribution in [0.3, 0.4) is 0 Å². The van der Waals surface area contributed by atoms with Gasteiger partial charge in [0.1, 0.15) is 4.99 Å². The Morgan fingerprint density at radius 2 is 1.95 bits per heavy atom. The molecule has 0 aromatic heterocycles. The number of nitrogens with one attached hydrogen (secondary N) is 1. The van der Waals surface area contributed by atoms with Crippen LogP contribution in [-0.4, -0.2) is 35.4 Å². The van der Waals surface area contributed by atoms with E-state index in [2.05, 4.69) is 5.32 Å². The average Bonchev–Trinajstić information content (AvgIpc) is 2.27. The molecule has 0 unspecified atom stereocenters. The van der Waals surface area contributed by atoms with Crippen molar-refractivity contribution in [3.8, 4) is 0 Å². The third-order valence-corrected chi connectivity index (χ3v) is 2.79. The zero-order valence-electron chi connectivity index (χ0n) is 11.6. The van der Waals surface area contributed by atoms with Crippen molar-refractivity contribution in [1.29, 1.82) is 0 Å². The molecule has 0 radical (unpaired) electrons. The van der Waals surface area contributed by atoms with Crippen molar-refractivity contribution in [3.05, 3.63) is 35.4 Å². The molecule has 19 heavy (non-hydrogen) atoms. The van der Waals surface area contributed by atoms with E-state index in [9.17, 15) is 4.79 Å². The van der Waals surface area contributed by atoms with E-state index >= 15 is 0 Å². The minimum atomic E-state index is 0.0391. The van der Waals surface area contributed by atoms with E-state index < -0.39 is 0 Å². The van der Waals surface area contributed by atoms with E-state index in [0.717, 1.165) is 11.1 Å². The monoisotopic (exact) mass is 279 g/mol. The van der Waals surface area contributed by atoms with E-state index in [1.54, 1.807) is 0 Å². The maximum Gasteiger partial charge on any atom is 0.234 e. The van der Waals surface area contributed by atoms with Gasteiger partial charge in [-0.05, 0) is 26.5 Å². The number of likely N-dealkylation sites (N-methyl/N-ethyl adjacent to an activating group) is 1. The predicted octanol–water partition coefficient (Wildman–Crippen LogP) is 1.28. The van der Waals surface area contributed by atoms with Crippen molar-refractivity contribution in [2.75, 3.05) is 13.6 Å². The molecule has 1 amide bonds. The summed E-state index contributed by atoms with van der Waals surface area (Å²) >= 11 is 4.90. The Morgan fingerprint density at radius 1 is 1.37 bits per heavy atom. The van der Waals surface area contributed by atoms with Crippen LogP contribution in [0.2, 0.25) is 0 Å². The second-order valence-electron chi connectivity index (χ2n) is 4.96. The summed E-state index contributed by atoms with van der Waals surface area (Å²) in [7, 11) is 1.92. The molecule has 0 bridgehead atoms. The lowest BCUT2D eigenvalue weighted by Crippen LogP contribution is -2.38. The maximum atomic E-state index is 11.6. The fraction of sp³-hybridized carbons (Fsp3) is 0.429. The molecule has 1 aromatic carbocycles. The summed E-state index contributed by atoms with van der Waals surface area (Å²) in [6.45, 7) is 5.00. The van der Waals surface area contributed by atoms with Crippen LogP contribution in [0.1, 0.15) is 25.0 Å². The van der Waals surface area contributed by atoms with Gasteiger partial charge in [-0.2, -0.15) is 0 Å². The van der Waals surface area contributed by atoms with E-state index in [0.29, 0.717) is 18.1 Å². The Morgan fingerprint density at radius 3 is 2.42 bits per heavy atom. The third-order valence-electron chi connectivity index (χ3n) is 2.55. The van der Waals surface area contributed by atoms with E-state index in [1.807, 2.05) is 50.1 Å². The fourth-order valence-electron chi connectivity index (χ4n) is 1.75. The smallest absolute Gasteiger partial charge is 0.234 e. The minimum Gasteiger partial charge on any atom is -0.389 e. The lowest BCUT2D eigenvalue weighted by molar-refractivity contribution is -0.122. The molecular weight excluding hydrogens is 258 g/mol. The van der Waals surface area contributed by atoms with Gasteiger partial charge in [-0.3, -0.25) is 9.69 Å². The molecule has 0 spiro atoms. The van der Waals surface area contributed by atoms with Crippen LogP contribution in [0.15, 0.2) is 24.3 Å². The molecule has 0 heterocycles. The molecule has 0 saturated carbocycles. The van der Waals surface area contributed by atoms with Crippen molar-refractivity contribution < 1.29 is 4.79 Å². The fourth-order valence-corrected chi connectivity index (χ4v) is 1.89. The highest BCUT2D eigenvalue weighted by atomic mass is 32.1. The molecule has 0 aliphatic heterocycles.